The highest BCUT2D eigenvalue weighted by Crippen LogP contribution is 1.98. The van der Waals surface area contributed by atoms with Crippen LogP contribution in [0, 0.1) is 5.92 Å². The van der Waals surface area contributed by atoms with Crippen molar-refractivity contribution in [3.8, 4) is 0 Å². The van der Waals surface area contributed by atoms with Crippen LogP contribution in [0.2, 0.25) is 0 Å². The minimum atomic E-state index is -1.16. The summed E-state index contributed by atoms with van der Waals surface area (Å²) in [5.41, 5.74) is 0. The summed E-state index contributed by atoms with van der Waals surface area (Å²) in [5, 5.41) is 8.25. The molecule has 0 aromatic rings. The predicted octanol–water partition coefficient (Wildman–Crippen LogP) is 0.620. The molecule has 1 N–H and O–H groups in total. The number of ether oxygens (including phenoxy) is 1. The highest BCUT2D eigenvalue weighted by Gasteiger charge is 2.11. The normalized spacial score (nSPS) is 9.93. The minimum Gasteiger partial charge on any atom is -0.481 e. The van der Waals surface area contributed by atoms with Gasteiger partial charge in [-0.1, -0.05) is 13.8 Å². The van der Waals surface area contributed by atoms with Gasteiger partial charge in [-0.15, -0.1) is 0 Å². The summed E-state index contributed by atoms with van der Waals surface area (Å²) in [6.07, 6.45) is -0.552. The number of ketones is 1. The zero-order valence-electron chi connectivity index (χ0n) is 8.28. The van der Waals surface area contributed by atoms with E-state index in [1.807, 2.05) is 0 Å². The average molecular weight is 202 g/mol. The van der Waals surface area contributed by atoms with Crippen molar-refractivity contribution in [3.05, 3.63) is 0 Å². The number of rotatable bonds is 6. The van der Waals surface area contributed by atoms with Crippen molar-refractivity contribution < 1.29 is 24.2 Å². The van der Waals surface area contributed by atoms with Gasteiger partial charge in [0.15, 0.2) is 0 Å². The molecule has 0 rings (SSSR count). The molecule has 0 saturated carbocycles. The average Bonchev–Trinajstić information content (AvgIpc) is 2.02. The maximum absolute atomic E-state index is 10.9. The first-order chi connectivity index (χ1) is 6.43. The number of Topliss-reactive ketones (excluding diaryl/α,β-unsaturated/α-hetero) is 1. The second-order valence-corrected chi connectivity index (χ2v) is 3.18. The van der Waals surface area contributed by atoms with Gasteiger partial charge in [0.1, 0.15) is 12.2 Å². The van der Waals surface area contributed by atoms with Gasteiger partial charge in [0.25, 0.3) is 0 Å². The van der Waals surface area contributed by atoms with Crippen molar-refractivity contribution in [3.63, 3.8) is 0 Å². The minimum absolute atomic E-state index is 0.0369. The Balaban J connectivity index is 3.59. The molecular formula is C9H14O5. The highest BCUT2D eigenvalue weighted by atomic mass is 16.5. The molecule has 0 unspecified atom stereocenters. The second-order valence-electron chi connectivity index (χ2n) is 3.18. The second kappa shape index (κ2) is 6.12. The lowest BCUT2D eigenvalue weighted by Crippen LogP contribution is -2.15. The summed E-state index contributed by atoms with van der Waals surface area (Å²) in [6, 6.07) is 0. The van der Waals surface area contributed by atoms with Crippen molar-refractivity contribution in [2.45, 2.75) is 26.7 Å². The van der Waals surface area contributed by atoms with Crippen molar-refractivity contribution in [1.82, 2.24) is 0 Å². The fourth-order valence-electron chi connectivity index (χ4n) is 0.689. The maximum atomic E-state index is 10.9. The Hall–Kier alpha value is -1.39. The molecule has 0 aliphatic carbocycles. The Morgan fingerprint density at radius 3 is 2.29 bits per heavy atom. The van der Waals surface area contributed by atoms with E-state index in [2.05, 4.69) is 0 Å². The van der Waals surface area contributed by atoms with Gasteiger partial charge in [-0.2, -0.15) is 0 Å². The lowest BCUT2D eigenvalue weighted by molar-refractivity contribution is -0.147. The van der Waals surface area contributed by atoms with Crippen LogP contribution >= 0.6 is 0 Å². The number of carboxylic acids is 1. The first-order valence-corrected chi connectivity index (χ1v) is 4.33. The standard InChI is InChI=1S/C9H14O5/c1-6(2)9(13)14-4-3-7(10)5-8(11)12/h6H,3-5H2,1-2H3,(H,11,12). The molecule has 0 spiro atoms. The zero-order chi connectivity index (χ0) is 11.1. The van der Waals surface area contributed by atoms with Crippen LogP contribution in [0.3, 0.4) is 0 Å². The van der Waals surface area contributed by atoms with E-state index >= 15 is 0 Å². The lowest BCUT2D eigenvalue weighted by atomic mass is 10.2. The molecule has 0 aromatic heterocycles. The number of hydrogen-bond donors (Lipinski definition) is 1. The summed E-state index contributed by atoms with van der Waals surface area (Å²) in [4.78, 5) is 31.8. The van der Waals surface area contributed by atoms with E-state index in [9.17, 15) is 14.4 Å². The molecule has 14 heavy (non-hydrogen) atoms. The van der Waals surface area contributed by atoms with Gasteiger partial charge < -0.3 is 9.84 Å². The van der Waals surface area contributed by atoms with Crippen LogP contribution in [0.5, 0.6) is 0 Å². The van der Waals surface area contributed by atoms with Crippen molar-refractivity contribution in [1.29, 1.82) is 0 Å². The molecule has 0 aliphatic rings. The third kappa shape index (κ3) is 6.16. The first-order valence-electron chi connectivity index (χ1n) is 4.33. The number of esters is 1. The fraction of sp³-hybridized carbons (Fsp3) is 0.667. The SMILES string of the molecule is CC(C)C(=O)OCCC(=O)CC(=O)O. The molecule has 0 bridgehead atoms. The first kappa shape index (κ1) is 12.6. The van der Waals surface area contributed by atoms with Gasteiger partial charge in [0, 0.05) is 6.42 Å². The summed E-state index contributed by atoms with van der Waals surface area (Å²) in [5.74, 6) is -2.21. The summed E-state index contributed by atoms with van der Waals surface area (Å²) < 4.78 is 4.70. The summed E-state index contributed by atoms with van der Waals surface area (Å²) >= 11 is 0. The van der Waals surface area contributed by atoms with Crippen LogP contribution < -0.4 is 0 Å². The predicted molar refractivity (Wildman–Crippen MR) is 47.7 cm³/mol. The number of carbonyl (C=O) groups is 3. The Kier molecular flexibility index (Phi) is 5.52. The van der Waals surface area contributed by atoms with E-state index in [0.717, 1.165) is 0 Å². The molecule has 0 amide bonds. The quantitative estimate of drug-likeness (QED) is 0.504. The third-order valence-corrected chi connectivity index (χ3v) is 1.45. The summed E-state index contributed by atoms with van der Waals surface area (Å²) in [7, 11) is 0. The Morgan fingerprint density at radius 1 is 1.29 bits per heavy atom. The van der Waals surface area contributed by atoms with E-state index in [1.165, 1.54) is 0 Å². The number of aliphatic carboxylic acids is 1. The van der Waals surface area contributed by atoms with Crippen LogP contribution in [-0.4, -0.2) is 29.4 Å². The Bertz CT molecular complexity index is 231. The van der Waals surface area contributed by atoms with Gasteiger partial charge in [0.2, 0.25) is 0 Å². The molecule has 80 valence electrons. The zero-order valence-corrected chi connectivity index (χ0v) is 8.28. The molecule has 0 saturated heterocycles. The number of hydrogen-bond acceptors (Lipinski definition) is 4. The summed E-state index contributed by atoms with van der Waals surface area (Å²) in [6.45, 7) is 3.33. The molecule has 5 heteroatoms. The van der Waals surface area contributed by atoms with E-state index in [1.54, 1.807) is 13.8 Å². The fourth-order valence-corrected chi connectivity index (χ4v) is 0.689. The van der Waals surface area contributed by atoms with E-state index in [-0.39, 0.29) is 24.9 Å². The van der Waals surface area contributed by atoms with Crippen LogP contribution in [0.4, 0.5) is 0 Å². The number of carbonyl (C=O) groups excluding carboxylic acids is 2. The van der Waals surface area contributed by atoms with Crippen LogP contribution in [0.25, 0.3) is 0 Å². The maximum Gasteiger partial charge on any atom is 0.310 e. The largest absolute Gasteiger partial charge is 0.481 e. The molecule has 0 aromatic carbocycles. The van der Waals surface area contributed by atoms with Gasteiger partial charge in [0.05, 0.1) is 12.5 Å². The Labute approximate surface area is 82.1 Å². The molecule has 0 heterocycles. The van der Waals surface area contributed by atoms with E-state index < -0.39 is 18.2 Å². The van der Waals surface area contributed by atoms with Crippen LogP contribution in [-0.2, 0) is 19.1 Å². The van der Waals surface area contributed by atoms with Gasteiger partial charge in [-0.05, 0) is 0 Å². The van der Waals surface area contributed by atoms with E-state index in [4.69, 9.17) is 9.84 Å². The van der Waals surface area contributed by atoms with Crippen molar-refractivity contribution >= 4 is 17.7 Å². The van der Waals surface area contributed by atoms with Gasteiger partial charge in [-0.25, -0.2) is 0 Å². The van der Waals surface area contributed by atoms with E-state index in [0.29, 0.717) is 0 Å². The molecular weight excluding hydrogens is 188 g/mol. The van der Waals surface area contributed by atoms with Crippen LogP contribution in [0.1, 0.15) is 26.7 Å². The third-order valence-electron chi connectivity index (χ3n) is 1.45. The molecule has 0 radical (unpaired) electrons. The molecule has 0 atom stereocenters. The topological polar surface area (TPSA) is 80.7 Å². The van der Waals surface area contributed by atoms with Gasteiger partial charge >= 0.3 is 11.9 Å². The van der Waals surface area contributed by atoms with Crippen molar-refractivity contribution in [2.24, 2.45) is 5.92 Å². The monoisotopic (exact) mass is 202 g/mol. The molecule has 5 nitrogen and oxygen atoms in total. The lowest BCUT2D eigenvalue weighted by Gasteiger charge is -2.05. The Morgan fingerprint density at radius 2 is 1.86 bits per heavy atom. The van der Waals surface area contributed by atoms with Crippen LogP contribution in [0.15, 0.2) is 0 Å². The van der Waals surface area contributed by atoms with Crippen molar-refractivity contribution in [2.75, 3.05) is 6.61 Å². The smallest absolute Gasteiger partial charge is 0.310 e. The number of carboxylic acid groups (broad SMARTS) is 1. The molecule has 0 aliphatic heterocycles. The van der Waals surface area contributed by atoms with Gasteiger partial charge in [-0.3, -0.25) is 14.4 Å². The molecule has 0 fully saturated rings. The highest BCUT2D eigenvalue weighted by molar-refractivity contribution is 5.94.